The standard InChI is InChI=1S/C15H15ClN4S/c16-12-5-6-13(21-12)20-14(10-3-1-7-17-9-10)19-11-4-2-8-18-15(11)20/h2,4-6,8,10,17H,1,3,7,9H2. The normalized spacial score (nSPS) is 19.2. The summed E-state index contributed by atoms with van der Waals surface area (Å²) in [7, 11) is 0. The first kappa shape index (κ1) is 13.2. The summed E-state index contributed by atoms with van der Waals surface area (Å²) in [6.45, 7) is 2.07. The molecule has 3 aromatic heterocycles. The lowest BCUT2D eigenvalue weighted by atomic mass is 9.99. The number of thiophene rings is 1. The first-order valence-electron chi connectivity index (χ1n) is 7.13. The highest BCUT2D eigenvalue weighted by molar-refractivity contribution is 7.18. The average molecular weight is 319 g/mol. The van der Waals surface area contributed by atoms with Crippen LogP contribution in [0.5, 0.6) is 0 Å². The zero-order valence-corrected chi connectivity index (χ0v) is 13.0. The van der Waals surface area contributed by atoms with E-state index in [1.165, 1.54) is 6.42 Å². The van der Waals surface area contributed by atoms with E-state index in [4.69, 9.17) is 16.6 Å². The molecule has 0 spiro atoms. The van der Waals surface area contributed by atoms with E-state index < -0.39 is 0 Å². The van der Waals surface area contributed by atoms with Crippen LogP contribution in [0.4, 0.5) is 0 Å². The Bertz CT molecular complexity index is 773. The molecule has 3 aromatic rings. The molecule has 6 heteroatoms. The molecule has 1 atom stereocenters. The number of halogens is 1. The third-order valence-corrected chi connectivity index (χ3v) is 5.10. The molecule has 1 fully saturated rings. The Morgan fingerprint density at radius 2 is 2.29 bits per heavy atom. The molecular weight excluding hydrogens is 304 g/mol. The summed E-state index contributed by atoms with van der Waals surface area (Å²) in [4.78, 5) is 9.37. The van der Waals surface area contributed by atoms with Crippen LogP contribution in [0.2, 0.25) is 4.34 Å². The van der Waals surface area contributed by atoms with Crippen molar-refractivity contribution in [3.05, 3.63) is 40.6 Å². The van der Waals surface area contributed by atoms with Crippen LogP contribution >= 0.6 is 22.9 Å². The van der Waals surface area contributed by atoms with Crippen molar-refractivity contribution in [2.45, 2.75) is 18.8 Å². The van der Waals surface area contributed by atoms with Gasteiger partial charge in [-0.05, 0) is 43.7 Å². The van der Waals surface area contributed by atoms with Crippen molar-refractivity contribution >= 4 is 34.1 Å². The Balaban J connectivity index is 1.92. The number of pyridine rings is 1. The third kappa shape index (κ3) is 2.35. The zero-order valence-electron chi connectivity index (χ0n) is 11.4. The smallest absolute Gasteiger partial charge is 0.165 e. The van der Waals surface area contributed by atoms with Crippen LogP contribution in [0.1, 0.15) is 24.6 Å². The minimum Gasteiger partial charge on any atom is -0.316 e. The van der Waals surface area contributed by atoms with E-state index in [1.54, 1.807) is 11.3 Å². The molecule has 1 N–H and O–H groups in total. The van der Waals surface area contributed by atoms with Crippen molar-refractivity contribution in [1.82, 2.24) is 19.9 Å². The largest absolute Gasteiger partial charge is 0.316 e. The maximum atomic E-state index is 6.12. The summed E-state index contributed by atoms with van der Waals surface area (Å²) in [5, 5.41) is 4.55. The second-order valence-electron chi connectivity index (χ2n) is 5.27. The minimum atomic E-state index is 0.425. The van der Waals surface area contributed by atoms with Gasteiger partial charge in [-0.15, -0.1) is 11.3 Å². The number of fused-ring (bicyclic) bond motifs is 1. The van der Waals surface area contributed by atoms with Gasteiger partial charge in [0.15, 0.2) is 5.65 Å². The van der Waals surface area contributed by atoms with E-state index in [0.717, 1.165) is 45.8 Å². The van der Waals surface area contributed by atoms with E-state index in [2.05, 4.69) is 14.9 Å². The maximum Gasteiger partial charge on any atom is 0.165 e. The zero-order chi connectivity index (χ0) is 14.2. The van der Waals surface area contributed by atoms with Gasteiger partial charge in [-0.25, -0.2) is 9.97 Å². The molecular formula is C15H15ClN4S. The fourth-order valence-corrected chi connectivity index (χ4v) is 3.96. The van der Waals surface area contributed by atoms with E-state index >= 15 is 0 Å². The van der Waals surface area contributed by atoms with Crippen LogP contribution in [0, 0.1) is 0 Å². The van der Waals surface area contributed by atoms with Gasteiger partial charge in [0.25, 0.3) is 0 Å². The van der Waals surface area contributed by atoms with Crippen molar-refractivity contribution in [3.63, 3.8) is 0 Å². The molecule has 4 rings (SSSR count). The quantitative estimate of drug-likeness (QED) is 0.785. The van der Waals surface area contributed by atoms with Crippen molar-refractivity contribution in [2.24, 2.45) is 0 Å². The molecule has 0 saturated carbocycles. The molecule has 0 bridgehead atoms. The van der Waals surface area contributed by atoms with Crippen molar-refractivity contribution in [3.8, 4) is 5.00 Å². The maximum absolute atomic E-state index is 6.12. The summed E-state index contributed by atoms with van der Waals surface area (Å²) in [6, 6.07) is 7.93. The number of imidazole rings is 1. The molecule has 0 radical (unpaired) electrons. The third-order valence-electron chi connectivity index (χ3n) is 3.88. The Morgan fingerprint density at radius 1 is 1.33 bits per heavy atom. The van der Waals surface area contributed by atoms with Gasteiger partial charge in [-0.3, -0.25) is 4.57 Å². The minimum absolute atomic E-state index is 0.425. The van der Waals surface area contributed by atoms with E-state index in [-0.39, 0.29) is 0 Å². The van der Waals surface area contributed by atoms with E-state index in [9.17, 15) is 0 Å². The van der Waals surface area contributed by atoms with Gasteiger partial charge in [0.05, 0.1) is 4.34 Å². The number of aromatic nitrogens is 3. The van der Waals surface area contributed by atoms with Crippen molar-refractivity contribution in [2.75, 3.05) is 13.1 Å². The summed E-state index contributed by atoms with van der Waals surface area (Å²) in [6.07, 6.45) is 4.17. The fourth-order valence-electron chi connectivity index (χ4n) is 2.92. The van der Waals surface area contributed by atoms with Gasteiger partial charge in [0, 0.05) is 18.7 Å². The van der Waals surface area contributed by atoms with Gasteiger partial charge < -0.3 is 5.32 Å². The van der Waals surface area contributed by atoms with Gasteiger partial charge in [-0.1, -0.05) is 11.6 Å². The number of rotatable bonds is 2. The molecule has 108 valence electrons. The van der Waals surface area contributed by atoms with Crippen LogP contribution in [-0.4, -0.2) is 27.6 Å². The van der Waals surface area contributed by atoms with Gasteiger partial charge in [0.1, 0.15) is 16.3 Å². The van der Waals surface area contributed by atoms with Gasteiger partial charge in [-0.2, -0.15) is 0 Å². The molecule has 1 aliphatic heterocycles. The molecule has 1 aliphatic rings. The molecule has 0 aromatic carbocycles. The lowest BCUT2D eigenvalue weighted by Gasteiger charge is -2.22. The average Bonchev–Trinajstić information content (AvgIpc) is 3.11. The van der Waals surface area contributed by atoms with E-state index in [1.807, 2.05) is 30.5 Å². The second kappa shape index (κ2) is 5.40. The first-order valence-corrected chi connectivity index (χ1v) is 8.32. The number of hydrogen-bond acceptors (Lipinski definition) is 4. The highest BCUT2D eigenvalue weighted by Gasteiger charge is 2.24. The summed E-state index contributed by atoms with van der Waals surface area (Å²) in [5.74, 6) is 1.52. The van der Waals surface area contributed by atoms with Crippen LogP contribution in [0.3, 0.4) is 0 Å². The Kier molecular flexibility index (Phi) is 3.41. The SMILES string of the molecule is Clc1ccc(-n2c(C3CCCNC3)nc3cccnc32)s1. The predicted molar refractivity (Wildman–Crippen MR) is 86.6 cm³/mol. The lowest BCUT2D eigenvalue weighted by molar-refractivity contribution is 0.444. The number of nitrogens with zero attached hydrogens (tertiary/aromatic N) is 3. The molecule has 1 saturated heterocycles. The van der Waals surface area contributed by atoms with Gasteiger partial charge >= 0.3 is 0 Å². The fraction of sp³-hybridized carbons (Fsp3) is 0.333. The molecule has 0 amide bonds. The van der Waals surface area contributed by atoms with Crippen LogP contribution in [0.25, 0.3) is 16.2 Å². The van der Waals surface area contributed by atoms with Crippen molar-refractivity contribution < 1.29 is 0 Å². The summed E-state index contributed by atoms with van der Waals surface area (Å²) >= 11 is 7.69. The second-order valence-corrected chi connectivity index (χ2v) is 6.97. The Labute approximate surface area is 131 Å². The molecule has 4 heterocycles. The molecule has 21 heavy (non-hydrogen) atoms. The highest BCUT2D eigenvalue weighted by atomic mass is 35.5. The van der Waals surface area contributed by atoms with Crippen molar-refractivity contribution in [1.29, 1.82) is 0 Å². The van der Waals surface area contributed by atoms with Crippen LogP contribution < -0.4 is 5.32 Å². The topological polar surface area (TPSA) is 42.7 Å². The van der Waals surface area contributed by atoms with Crippen LogP contribution in [-0.2, 0) is 0 Å². The number of hydrogen-bond donors (Lipinski definition) is 1. The van der Waals surface area contributed by atoms with Crippen LogP contribution in [0.15, 0.2) is 30.5 Å². The van der Waals surface area contributed by atoms with E-state index in [0.29, 0.717) is 5.92 Å². The Hall–Kier alpha value is -1.43. The summed E-state index contributed by atoms with van der Waals surface area (Å²) < 4.78 is 2.96. The summed E-state index contributed by atoms with van der Waals surface area (Å²) in [5.41, 5.74) is 1.86. The molecule has 4 nitrogen and oxygen atoms in total. The Morgan fingerprint density at radius 3 is 3.05 bits per heavy atom. The predicted octanol–water partition coefficient (Wildman–Crippen LogP) is 3.60. The molecule has 1 unspecified atom stereocenters. The first-order chi connectivity index (χ1) is 10.3. The number of piperidine rings is 1. The van der Waals surface area contributed by atoms with Gasteiger partial charge in [0.2, 0.25) is 0 Å². The highest BCUT2D eigenvalue weighted by Crippen LogP contribution is 2.33. The monoisotopic (exact) mass is 318 g/mol. The lowest BCUT2D eigenvalue weighted by Crippen LogP contribution is -2.29. The number of nitrogens with one attached hydrogen (secondary N) is 1. The molecule has 0 aliphatic carbocycles.